The number of halogens is 6. The van der Waals surface area contributed by atoms with E-state index in [-0.39, 0.29) is 56.4 Å². The van der Waals surface area contributed by atoms with E-state index in [4.69, 9.17) is 26.8 Å². The van der Waals surface area contributed by atoms with Crippen LogP contribution in [0.1, 0.15) is 33.5 Å². The van der Waals surface area contributed by atoms with Gasteiger partial charge in [0.15, 0.2) is 0 Å². The van der Waals surface area contributed by atoms with Crippen LogP contribution in [-0.2, 0) is 21.9 Å². The fourth-order valence-corrected chi connectivity index (χ4v) is 5.64. The van der Waals surface area contributed by atoms with Crippen molar-refractivity contribution in [2.45, 2.75) is 18.8 Å². The van der Waals surface area contributed by atoms with E-state index in [1.807, 2.05) is 0 Å². The molecule has 2 amide bonds. The molecule has 1 aliphatic rings. The molecule has 4 rings (SSSR count). The minimum Gasteiger partial charge on any atom is -0.496 e. The molecule has 0 saturated carbocycles. The first-order valence-corrected chi connectivity index (χ1v) is 14.2. The lowest BCUT2D eigenvalue weighted by Gasteiger charge is -2.17. The molecule has 1 heterocycles. The Bertz CT molecular complexity index is 1710. The second-order valence-electron chi connectivity index (χ2n) is 9.60. The summed E-state index contributed by atoms with van der Waals surface area (Å²) in [6.07, 6.45) is -9.00. The highest BCUT2D eigenvalue weighted by Gasteiger charge is 2.37. The molecule has 0 aliphatic carbocycles. The third-order valence-electron chi connectivity index (χ3n) is 6.59. The van der Waals surface area contributed by atoms with Crippen molar-refractivity contribution >= 4 is 57.8 Å². The lowest BCUT2D eigenvalue weighted by molar-refractivity contribution is -0.143. The predicted octanol–water partition coefficient (Wildman–Crippen LogP) is 7.34. The largest absolute Gasteiger partial charge is 0.496 e. The van der Waals surface area contributed by atoms with E-state index in [0.29, 0.717) is 17.8 Å². The maximum absolute atomic E-state index is 13.6. The van der Waals surface area contributed by atoms with Crippen LogP contribution in [0.25, 0.3) is 17.2 Å². The Morgan fingerprint density at radius 3 is 2.04 bits per heavy atom. The van der Waals surface area contributed by atoms with Crippen LogP contribution in [0.2, 0.25) is 0 Å². The molecule has 46 heavy (non-hydrogen) atoms. The number of amides is 2. The number of aromatic carboxylic acids is 1. The Balaban J connectivity index is 1.62. The van der Waals surface area contributed by atoms with Crippen molar-refractivity contribution < 1.29 is 55.3 Å². The van der Waals surface area contributed by atoms with Gasteiger partial charge in [-0.2, -0.15) is 26.3 Å². The average Bonchev–Trinajstić information content (AvgIpc) is 3.26. The summed E-state index contributed by atoms with van der Waals surface area (Å²) >= 11 is 6.18. The number of carbonyl (C=O) groups is 3. The third-order valence-corrected chi connectivity index (χ3v) is 7.97. The molecule has 3 aromatic rings. The summed E-state index contributed by atoms with van der Waals surface area (Å²) in [4.78, 5) is 37.9. The fourth-order valence-electron chi connectivity index (χ4n) is 4.34. The van der Waals surface area contributed by atoms with E-state index < -0.39 is 46.8 Å². The molecule has 3 aromatic carbocycles. The highest BCUT2D eigenvalue weighted by Crippen LogP contribution is 2.43. The molecular weight excluding hydrogens is 662 g/mol. The van der Waals surface area contributed by atoms with Crippen LogP contribution in [-0.4, -0.2) is 52.9 Å². The number of methoxy groups -OCH3 is 2. The highest BCUT2D eigenvalue weighted by atomic mass is 32.2. The Kier molecular flexibility index (Phi) is 10.0. The number of rotatable bonds is 9. The maximum atomic E-state index is 13.6. The quantitative estimate of drug-likeness (QED) is 0.137. The molecule has 8 nitrogen and oxygen atoms in total. The lowest BCUT2D eigenvalue weighted by atomic mass is 9.96. The number of alkyl halides is 6. The number of anilines is 1. The van der Waals surface area contributed by atoms with Crippen molar-refractivity contribution in [1.82, 2.24) is 4.90 Å². The van der Waals surface area contributed by atoms with Crippen molar-refractivity contribution in [2.24, 2.45) is 0 Å². The third kappa shape index (κ3) is 7.80. The number of nitrogens with zero attached hydrogens (tertiary/aromatic N) is 1. The molecule has 1 aliphatic heterocycles. The van der Waals surface area contributed by atoms with Gasteiger partial charge < -0.3 is 19.9 Å². The molecule has 0 spiro atoms. The number of hydrogen-bond acceptors (Lipinski definition) is 7. The maximum Gasteiger partial charge on any atom is 0.416 e. The number of carboxylic acid groups (broad SMARTS) is 1. The number of hydrogen-bond donors (Lipinski definition) is 2. The summed E-state index contributed by atoms with van der Waals surface area (Å²) in [6, 6.07) is 9.08. The van der Waals surface area contributed by atoms with Gasteiger partial charge in [-0.05, 0) is 60.2 Å². The molecule has 0 radical (unpaired) electrons. The molecule has 0 unspecified atom stereocenters. The Labute approximate surface area is 267 Å². The molecule has 16 heteroatoms. The number of nitrogens with one attached hydrogen (secondary N) is 1. The van der Waals surface area contributed by atoms with Crippen LogP contribution in [0.5, 0.6) is 11.5 Å². The van der Waals surface area contributed by atoms with Crippen LogP contribution < -0.4 is 14.8 Å². The number of carbonyl (C=O) groups excluding carboxylic acids is 2. The summed E-state index contributed by atoms with van der Waals surface area (Å²) in [5.74, 6) is -2.19. The number of ether oxygens (including phenoxy) is 2. The van der Waals surface area contributed by atoms with Gasteiger partial charge in [0, 0.05) is 35.8 Å². The zero-order chi connectivity index (χ0) is 34.0. The van der Waals surface area contributed by atoms with Gasteiger partial charge in [-0.1, -0.05) is 24.0 Å². The van der Waals surface area contributed by atoms with E-state index in [1.54, 1.807) is 0 Å². The fraction of sp³-hybridized carbons (Fsp3) is 0.200. The predicted molar refractivity (Wildman–Crippen MR) is 162 cm³/mol. The molecular formula is C30H22F6N2O6S2. The summed E-state index contributed by atoms with van der Waals surface area (Å²) in [5, 5.41) is 11.6. The van der Waals surface area contributed by atoms with Gasteiger partial charge in [0.2, 0.25) is 5.91 Å². The van der Waals surface area contributed by atoms with E-state index in [0.717, 1.165) is 16.7 Å². The summed E-state index contributed by atoms with van der Waals surface area (Å²) in [6.45, 7) is -0.115. The van der Waals surface area contributed by atoms with Crippen LogP contribution in [0.4, 0.5) is 32.0 Å². The standard InChI is InChI=1S/C30H22F6N2O6S2/c1-43-22-14-23(44-2)21(16-9-18(29(31,32)33)13-19(10-16)30(34,35)36)11-17(22)12-24-26(40)38(28(45)46-24)8-7-25(39)37-20-5-3-15(4-6-20)27(41)42/h3-6,9-14H,7-8H2,1-2H3,(H,37,39)(H,41,42)/b24-12-. The van der Waals surface area contributed by atoms with Crippen molar-refractivity contribution in [2.75, 3.05) is 26.1 Å². The van der Waals surface area contributed by atoms with E-state index >= 15 is 0 Å². The number of benzene rings is 3. The van der Waals surface area contributed by atoms with Gasteiger partial charge in [-0.3, -0.25) is 14.5 Å². The summed E-state index contributed by atoms with van der Waals surface area (Å²) < 4.78 is 92.0. The monoisotopic (exact) mass is 684 g/mol. The molecule has 0 atom stereocenters. The smallest absolute Gasteiger partial charge is 0.416 e. The van der Waals surface area contributed by atoms with Gasteiger partial charge in [0.25, 0.3) is 5.91 Å². The molecule has 1 saturated heterocycles. The van der Waals surface area contributed by atoms with Gasteiger partial charge in [-0.15, -0.1) is 0 Å². The Hall–Kier alpha value is -4.57. The van der Waals surface area contributed by atoms with Crippen LogP contribution in [0, 0.1) is 0 Å². The zero-order valence-electron chi connectivity index (χ0n) is 23.7. The van der Waals surface area contributed by atoms with Crippen LogP contribution in [0.15, 0.2) is 59.5 Å². The van der Waals surface area contributed by atoms with Gasteiger partial charge >= 0.3 is 18.3 Å². The second-order valence-corrected chi connectivity index (χ2v) is 11.3. The lowest BCUT2D eigenvalue weighted by Crippen LogP contribution is -2.31. The first-order chi connectivity index (χ1) is 21.5. The van der Waals surface area contributed by atoms with Gasteiger partial charge in [-0.25, -0.2) is 4.79 Å². The van der Waals surface area contributed by atoms with E-state index in [2.05, 4.69) is 5.32 Å². The van der Waals surface area contributed by atoms with Gasteiger partial charge in [0.05, 0.1) is 35.8 Å². The zero-order valence-corrected chi connectivity index (χ0v) is 25.3. The second kappa shape index (κ2) is 13.4. The topological polar surface area (TPSA) is 105 Å². The minimum atomic E-state index is -5.07. The number of thiocarbonyl (C=S) groups is 1. The minimum absolute atomic E-state index is 0.0150. The Morgan fingerprint density at radius 1 is 0.935 bits per heavy atom. The van der Waals surface area contributed by atoms with Crippen LogP contribution in [0.3, 0.4) is 0 Å². The van der Waals surface area contributed by atoms with E-state index in [1.165, 1.54) is 56.7 Å². The Morgan fingerprint density at radius 2 is 1.52 bits per heavy atom. The normalized spacial score (nSPS) is 14.5. The van der Waals surface area contributed by atoms with Crippen molar-refractivity contribution in [3.8, 4) is 22.6 Å². The van der Waals surface area contributed by atoms with Crippen molar-refractivity contribution in [3.05, 3.63) is 81.8 Å². The van der Waals surface area contributed by atoms with Crippen molar-refractivity contribution in [1.29, 1.82) is 0 Å². The first-order valence-electron chi connectivity index (χ1n) is 13.0. The van der Waals surface area contributed by atoms with E-state index in [9.17, 15) is 40.7 Å². The van der Waals surface area contributed by atoms with Crippen LogP contribution >= 0.6 is 24.0 Å². The van der Waals surface area contributed by atoms with Gasteiger partial charge in [0.1, 0.15) is 15.8 Å². The summed E-state index contributed by atoms with van der Waals surface area (Å²) in [5.41, 5.74) is -3.10. The first kappa shape index (κ1) is 34.3. The molecule has 242 valence electrons. The highest BCUT2D eigenvalue weighted by molar-refractivity contribution is 8.26. The molecule has 1 fully saturated rings. The summed E-state index contributed by atoms with van der Waals surface area (Å²) in [7, 11) is 2.46. The van der Waals surface area contributed by atoms with Crippen molar-refractivity contribution in [3.63, 3.8) is 0 Å². The average molecular weight is 685 g/mol. The number of thioether (sulfide) groups is 1. The number of carboxylic acids is 1. The molecule has 0 bridgehead atoms. The molecule has 0 aromatic heterocycles. The molecule has 2 N–H and O–H groups in total. The SMILES string of the molecule is COc1cc(OC)c(-c2cc(C(F)(F)F)cc(C(F)(F)F)c2)cc1/C=C1\SC(=S)N(CCC(=O)Nc2ccc(C(=O)O)cc2)C1=O.